The Morgan fingerprint density at radius 3 is 3.11 bits per heavy atom. The second-order valence-electron chi connectivity index (χ2n) is 4.79. The van der Waals surface area contributed by atoms with Crippen LogP contribution in [0, 0.1) is 0 Å². The van der Waals surface area contributed by atoms with E-state index in [-0.39, 0.29) is 0 Å². The van der Waals surface area contributed by atoms with Gasteiger partial charge in [0.05, 0.1) is 6.10 Å². The summed E-state index contributed by atoms with van der Waals surface area (Å²) >= 11 is 3.40. The van der Waals surface area contributed by atoms with Gasteiger partial charge in [0.2, 0.25) is 0 Å². The fourth-order valence-corrected chi connectivity index (χ4v) is 2.96. The Hall–Kier alpha value is -1.39. The molecule has 1 aromatic heterocycles. The quantitative estimate of drug-likeness (QED) is 0.914. The second-order valence-corrected chi connectivity index (χ2v) is 5.71. The Morgan fingerprint density at radius 2 is 2.26 bits per heavy atom. The maximum Gasteiger partial charge on any atom is 0.0850 e. The number of pyridine rings is 1. The maximum absolute atomic E-state index is 10.4. The Labute approximate surface area is 120 Å². The molecule has 2 N–H and O–H groups in total. The number of rotatable bonds is 3. The minimum absolute atomic E-state index is 0.503. The number of anilines is 1. The van der Waals surface area contributed by atoms with Gasteiger partial charge in [0.25, 0.3) is 0 Å². The first kappa shape index (κ1) is 12.6. The van der Waals surface area contributed by atoms with Crippen molar-refractivity contribution in [3.8, 4) is 0 Å². The fourth-order valence-electron chi connectivity index (χ4n) is 2.54. The van der Waals surface area contributed by atoms with Crippen molar-refractivity contribution in [3.05, 3.63) is 57.8 Å². The predicted molar refractivity (Wildman–Crippen MR) is 79.2 cm³/mol. The first-order valence-corrected chi connectivity index (χ1v) is 7.16. The van der Waals surface area contributed by atoms with E-state index in [4.69, 9.17) is 0 Å². The number of aliphatic hydroxyl groups is 1. The highest BCUT2D eigenvalue weighted by Gasteiger charge is 2.19. The van der Waals surface area contributed by atoms with Crippen molar-refractivity contribution in [2.24, 2.45) is 0 Å². The smallest absolute Gasteiger partial charge is 0.0850 e. The van der Waals surface area contributed by atoms with Gasteiger partial charge in [-0.25, -0.2) is 0 Å². The molecule has 1 unspecified atom stereocenters. The summed E-state index contributed by atoms with van der Waals surface area (Å²) in [6.07, 6.45) is 4.65. The summed E-state index contributed by atoms with van der Waals surface area (Å²) in [7, 11) is 0. The molecule has 3 nitrogen and oxygen atoms in total. The van der Waals surface area contributed by atoms with Crippen molar-refractivity contribution >= 4 is 21.6 Å². The minimum Gasteiger partial charge on any atom is -0.388 e. The number of aliphatic hydroxyl groups excluding tert-OH is 1. The number of hydrogen-bond acceptors (Lipinski definition) is 3. The first-order chi connectivity index (χ1) is 9.24. The predicted octanol–water partition coefficient (Wildman–Crippen LogP) is 3.09. The summed E-state index contributed by atoms with van der Waals surface area (Å²) in [6, 6.07) is 8.12. The molecular weight excluding hydrogens is 304 g/mol. The number of benzene rings is 1. The highest BCUT2D eigenvalue weighted by molar-refractivity contribution is 9.10. The van der Waals surface area contributed by atoms with Crippen LogP contribution in [0.15, 0.2) is 41.1 Å². The standard InChI is InChI=1S/C15H15BrN2O/c16-12-6-10(8-17-9-12)7-14(19)13-3-1-2-11-4-5-18-15(11)13/h1-3,6,8-9,14,18-19H,4-5,7H2. The van der Waals surface area contributed by atoms with Crippen LogP contribution in [0.1, 0.15) is 22.8 Å². The van der Waals surface area contributed by atoms with E-state index in [1.165, 1.54) is 5.56 Å². The van der Waals surface area contributed by atoms with Crippen molar-refractivity contribution in [1.29, 1.82) is 0 Å². The molecule has 1 aliphatic rings. The average molecular weight is 319 g/mol. The molecule has 2 heterocycles. The van der Waals surface area contributed by atoms with E-state index in [9.17, 15) is 5.11 Å². The van der Waals surface area contributed by atoms with E-state index in [0.717, 1.165) is 34.3 Å². The molecule has 3 rings (SSSR count). The molecule has 0 fully saturated rings. The van der Waals surface area contributed by atoms with E-state index >= 15 is 0 Å². The molecule has 1 aromatic carbocycles. The molecule has 0 amide bonds. The lowest BCUT2D eigenvalue weighted by atomic mass is 9.98. The average Bonchev–Trinajstić information content (AvgIpc) is 2.86. The molecule has 0 radical (unpaired) electrons. The van der Waals surface area contributed by atoms with E-state index in [0.29, 0.717) is 6.42 Å². The summed E-state index contributed by atoms with van der Waals surface area (Å²) in [5, 5.41) is 13.8. The van der Waals surface area contributed by atoms with Gasteiger partial charge in [-0.2, -0.15) is 0 Å². The van der Waals surface area contributed by atoms with E-state index in [2.05, 4.69) is 32.3 Å². The number of para-hydroxylation sites is 1. The molecule has 1 atom stereocenters. The Kier molecular flexibility index (Phi) is 3.53. The van der Waals surface area contributed by atoms with Crippen molar-refractivity contribution in [1.82, 2.24) is 4.98 Å². The summed E-state index contributed by atoms with van der Waals surface area (Å²) in [4.78, 5) is 4.13. The molecule has 1 aliphatic heterocycles. The summed E-state index contributed by atoms with van der Waals surface area (Å²) < 4.78 is 0.939. The third-order valence-corrected chi connectivity index (χ3v) is 3.86. The molecule has 0 saturated carbocycles. The van der Waals surface area contributed by atoms with Gasteiger partial charge in [-0.3, -0.25) is 4.98 Å². The van der Waals surface area contributed by atoms with Gasteiger partial charge >= 0.3 is 0 Å². The summed E-state index contributed by atoms with van der Waals surface area (Å²) in [5.41, 5.74) is 4.41. The van der Waals surface area contributed by atoms with Gasteiger partial charge in [0, 0.05) is 41.1 Å². The monoisotopic (exact) mass is 318 g/mol. The van der Waals surface area contributed by atoms with Crippen LogP contribution in [0.5, 0.6) is 0 Å². The van der Waals surface area contributed by atoms with Crippen LogP contribution in [0.4, 0.5) is 5.69 Å². The lowest BCUT2D eigenvalue weighted by Crippen LogP contribution is -2.05. The Morgan fingerprint density at radius 1 is 1.37 bits per heavy atom. The highest BCUT2D eigenvalue weighted by atomic mass is 79.9. The van der Waals surface area contributed by atoms with Gasteiger partial charge < -0.3 is 10.4 Å². The highest BCUT2D eigenvalue weighted by Crippen LogP contribution is 2.32. The molecule has 0 aliphatic carbocycles. The molecule has 2 aromatic rings. The first-order valence-electron chi connectivity index (χ1n) is 6.37. The molecule has 19 heavy (non-hydrogen) atoms. The lowest BCUT2D eigenvalue weighted by molar-refractivity contribution is 0.179. The van der Waals surface area contributed by atoms with Gasteiger partial charge in [-0.15, -0.1) is 0 Å². The van der Waals surface area contributed by atoms with Gasteiger partial charge in [0.1, 0.15) is 0 Å². The number of nitrogens with zero attached hydrogens (tertiary/aromatic N) is 1. The number of nitrogens with one attached hydrogen (secondary N) is 1. The van der Waals surface area contributed by atoms with Gasteiger partial charge in [-0.05, 0) is 39.5 Å². The summed E-state index contributed by atoms with van der Waals surface area (Å²) in [6.45, 7) is 0.956. The third-order valence-electron chi connectivity index (χ3n) is 3.43. The molecular formula is C15H15BrN2O. The van der Waals surface area contributed by atoms with Crippen LogP contribution >= 0.6 is 15.9 Å². The number of fused-ring (bicyclic) bond motifs is 1. The third kappa shape index (κ3) is 2.65. The van der Waals surface area contributed by atoms with Crippen molar-refractivity contribution < 1.29 is 5.11 Å². The summed E-state index contributed by atoms with van der Waals surface area (Å²) in [5.74, 6) is 0. The van der Waals surface area contributed by atoms with E-state index < -0.39 is 6.10 Å². The van der Waals surface area contributed by atoms with Crippen LogP contribution in [-0.2, 0) is 12.8 Å². The number of halogens is 1. The van der Waals surface area contributed by atoms with E-state index in [1.54, 1.807) is 12.4 Å². The van der Waals surface area contributed by atoms with Crippen LogP contribution in [-0.4, -0.2) is 16.6 Å². The van der Waals surface area contributed by atoms with Crippen molar-refractivity contribution in [3.63, 3.8) is 0 Å². The zero-order valence-corrected chi connectivity index (χ0v) is 12.0. The normalized spacial score (nSPS) is 14.8. The van der Waals surface area contributed by atoms with Gasteiger partial charge in [0.15, 0.2) is 0 Å². The zero-order valence-electron chi connectivity index (χ0n) is 10.4. The maximum atomic E-state index is 10.4. The molecule has 98 valence electrons. The molecule has 0 spiro atoms. The molecule has 0 bridgehead atoms. The van der Waals surface area contributed by atoms with Crippen LogP contribution in [0.2, 0.25) is 0 Å². The fraction of sp³-hybridized carbons (Fsp3) is 0.267. The lowest BCUT2D eigenvalue weighted by Gasteiger charge is -2.15. The molecule has 4 heteroatoms. The Bertz CT molecular complexity index is 600. The molecule has 0 saturated heterocycles. The SMILES string of the molecule is OC(Cc1cncc(Br)c1)c1cccc2c1NCC2. The van der Waals surface area contributed by atoms with Crippen LogP contribution in [0.3, 0.4) is 0 Å². The van der Waals surface area contributed by atoms with E-state index in [1.807, 2.05) is 18.2 Å². The van der Waals surface area contributed by atoms with Crippen LogP contribution in [0.25, 0.3) is 0 Å². The van der Waals surface area contributed by atoms with Crippen molar-refractivity contribution in [2.45, 2.75) is 18.9 Å². The largest absolute Gasteiger partial charge is 0.388 e. The van der Waals surface area contributed by atoms with Crippen LogP contribution < -0.4 is 5.32 Å². The van der Waals surface area contributed by atoms with Gasteiger partial charge in [-0.1, -0.05) is 18.2 Å². The van der Waals surface area contributed by atoms with Crippen molar-refractivity contribution in [2.75, 3.05) is 11.9 Å². The number of aromatic nitrogens is 1. The Balaban J connectivity index is 1.85. The number of hydrogen-bond donors (Lipinski definition) is 2. The minimum atomic E-state index is -0.503. The second kappa shape index (κ2) is 5.31. The topological polar surface area (TPSA) is 45.2 Å². The zero-order chi connectivity index (χ0) is 13.2.